The molecule has 1 saturated carbocycles. The number of hydrogen-bond acceptors (Lipinski definition) is 5. The smallest absolute Gasteiger partial charge is 0.326 e. The molecule has 0 radical (unpaired) electrons. The third-order valence-corrected chi connectivity index (χ3v) is 3.99. The number of rotatable bonds is 10. The van der Waals surface area contributed by atoms with Crippen LogP contribution in [0.15, 0.2) is 0 Å². The lowest BCUT2D eigenvalue weighted by Gasteiger charge is -2.34. The molecule has 5 heteroatoms. The van der Waals surface area contributed by atoms with Crippen molar-refractivity contribution in [2.75, 3.05) is 40.1 Å². The number of carbonyl (C=O) groups is 1. The Morgan fingerprint density at radius 2 is 2.10 bits per heavy atom. The molecule has 0 aromatic rings. The molecule has 0 bridgehead atoms. The third-order valence-electron chi connectivity index (χ3n) is 3.99. The van der Waals surface area contributed by atoms with E-state index < -0.39 is 5.54 Å². The van der Waals surface area contributed by atoms with Crippen molar-refractivity contribution in [3.8, 4) is 0 Å². The van der Waals surface area contributed by atoms with Crippen LogP contribution >= 0.6 is 0 Å². The molecule has 1 fully saturated rings. The molecule has 2 atom stereocenters. The minimum absolute atomic E-state index is 0.0961. The number of ether oxygens (including phenoxy) is 3. The molecule has 2 unspecified atom stereocenters. The van der Waals surface area contributed by atoms with Crippen LogP contribution in [-0.2, 0) is 19.0 Å². The maximum absolute atomic E-state index is 12.4. The molecular weight excluding hydrogens is 258 g/mol. The van der Waals surface area contributed by atoms with Gasteiger partial charge in [-0.05, 0) is 38.6 Å². The highest BCUT2D eigenvalue weighted by molar-refractivity contribution is 5.81. The lowest BCUT2D eigenvalue weighted by Crippen LogP contribution is -2.55. The number of esters is 1. The van der Waals surface area contributed by atoms with Gasteiger partial charge in [0.15, 0.2) is 0 Å². The summed E-state index contributed by atoms with van der Waals surface area (Å²) in [6.45, 7) is 6.99. The lowest BCUT2D eigenvalue weighted by molar-refractivity contribution is -0.153. The van der Waals surface area contributed by atoms with Crippen LogP contribution in [0.25, 0.3) is 0 Å². The Balaban J connectivity index is 2.55. The molecule has 1 aliphatic rings. The van der Waals surface area contributed by atoms with Crippen molar-refractivity contribution in [1.29, 1.82) is 0 Å². The molecule has 1 N–H and O–H groups in total. The number of nitrogens with one attached hydrogen (secondary N) is 1. The first-order valence-electron chi connectivity index (χ1n) is 7.70. The van der Waals surface area contributed by atoms with Gasteiger partial charge in [0.2, 0.25) is 0 Å². The van der Waals surface area contributed by atoms with E-state index in [0.29, 0.717) is 32.3 Å². The Kier molecular flexibility index (Phi) is 8.11. The molecule has 0 saturated heterocycles. The van der Waals surface area contributed by atoms with Gasteiger partial charge in [-0.2, -0.15) is 0 Å². The molecule has 1 rings (SSSR count). The fraction of sp³-hybridized carbons (Fsp3) is 0.933. The first-order valence-corrected chi connectivity index (χ1v) is 7.70. The zero-order valence-electron chi connectivity index (χ0n) is 13.1. The monoisotopic (exact) mass is 287 g/mol. The highest BCUT2D eigenvalue weighted by Gasteiger charge is 2.49. The van der Waals surface area contributed by atoms with Crippen molar-refractivity contribution in [3.63, 3.8) is 0 Å². The van der Waals surface area contributed by atoms with Crippen molar-refractivity contribution >= 4 is 5.97 Å². The molecule has 20 heavy (non-hydrogen) atoms. The fourth-order valence-corrected chi connectivity index (χ4v) is 3.09. The molecule has 0 amide bonds. The zero-order valence-corrected chi connectivity index (χ0v) is 13.1. The molecule has 1 aliphatic carbocycles. The molecule has 5 nitrogen and oxygen atoms in total. The van der Waals surface area contributed by atoms with Crippen LogP contribution in [0.3, 0.4) is 0 Å². The van der Waals surface area contributed by atoms with Gasteiger partial charge < -0.3 is 19.5 Å². The largest absolute Gasteiger partial charge is 0.465 e. The summed E-state index contributed by atoms with van der Waals surface area (Å²) in [6, 6.07) is 0. The van der Waals surface area contributed by atoms with Gasteiger partial charge in [-0.25, -0.2) is 0 Å². The molecular formula is C15H29NO4. The van der Waals surface area contributed by atoms with Crippen molar-refractivity contribution in [1.82, 2.24) is 5.32 Å². The van der Waals surface area contributed by atoms with E-state index in [2.05, 4.69) is 5.32 Å². The van der Waals surface area contributed by atoms with E-state index in [1.807, 2.05) is 13.8 Å². The van der Waals surface area contributed by atoms with Gasteiger partial charge in [-0.3, -0.25) is 4.79 Å². The van der Waals surface area contributed by atoms with E-state index in [-0.39, 0.29) is 5.97 Å². The predicted octanol–water partition coefficient (Wildman–Crippen LogP) is 1.75. The molecule has 0 spiro atoms. The third kappa shape index (κ3) is 4.43. The quantitative estimate of drug-likeness (QED) is 0.490. The lowest BCUT2D eigenvalue weighted by atomic mass is 9.84. The maximum atomic E-state index is 12.4. The normalized spacial score (nSPS) is 25.9. The molecule has 0 aliphatic heterocycles. The summed E-state index contributed by atoms with van der Waals surface area (Å²) in [6.07, 6.45) is 3.87. The van der Waals surface area contributed by atoms with Gasteiger partial charge in [0.1, 0.15) is 5.54 Å². The van der Waals surface area contributed by atoms with Gasteiger partial charge in [0.25, 0.3) is 0 Å². The van der Waals surface area contributed by atoms with E-state index in [4.69, 9.17) is 14.2 Å². The van der Waals surface area contributed by atoms with Crippen LogP contribution in [-0.4, -0.2) is 51.6 Å². The van der Waals surface area contributed by atoms with Gasteiger partial charge >= 0.3 is 5.97 Å². The minimum atomic E-state index is -0.505. The Morgan fingerprint density at radius 1 is 1.30 bits per heavy atom. The average Bonchev–Trinajstić information content (AvgIpc) is 2.83. The minimum Gasteiger partial charge on any atom is -0.465 e. The van der Waals surface area contributed by atoms with Crippen LogP contribution in [0.5, 0.6) is 0 Å². The molecule has 0 aromatic heterocycles. The Labute approximate surface area is 122 Å². The second-order valence-corrected chi connectivity index (χ2v) is 5.21. The first kappa shape index (κ1) is 17.4. The van der Waals surface area contributed by atoms with E-state index in [1.54, 1.807) is 7.11 Å². The fourth-order valence-electron chi connectivity index (χ4n) is 3.09. The number of carbonyl (C=O) groups excluding carboxylic acids is 1. The molecule has 0 aromatic carbocycles. The van der Waals surface area contributed by atoms with E-state index >= 15 is 0 Å². The number of likely N-dealkylation sites (N-methyl/N-ethyl adjacent to an activating group) is 1. The number of hydrogen-bond donors (Lipinski definition) is 1. The summed E-state index contributed by atoms with van der Waals surface area (Å²) in [5.74, 6) is 0.199. The summed E-state index contributed by atoms with van der Waals surface area (Å²) in [5, 5.41) is 3.39. The van der Waals surface area contributed by atoms with E-state index in [1.165, 1.54) is 0 Å². The van der Waals surface area contributed by atoms with Gasteiger partial charge in [0.05, 0.1) is 19.8 Å². The second kappa shape index (κ2) is 9.32. The van der Waals surface area contributed by atoms with E-state index in [9.17, 15) is 4.79 Å². The van der Waals surface area contributed by atoms with Gasteiger partial charge in [-0.15, -0.1) is 0 Å². The summed E-state index contributed by atoms with van der Waals surface area (Å²) in [5.41, 5.74) is -0.505. The highest BCUT2D eigenvalue weighted by atomic mass is 16.5. The standard InChI is InChI=1S/C15H29NO4/c1-4-16-15(14(17)20-5-2)9-6-7-13(15)8-10-19-12-11-18-3/h13,16H,4-12H2,1-3H3. The van der Waals surface area contributed by atoms with Crippen LogP contribution < -0.4 is 5.32 Å². The van der Waals surface area contributed by atoms with E-state index in [0.717, 1.165) is 32.2 Å². The van der Waals surface area contributed by atoms with Crippen molar-refractivity contribution in [2.24, 2.45) is 5.92 Å². The van der Waals surface area contributed by atoms with Gasteiger partial charge in [-0.1, -0.05) is 13.3 Å². The van der Waals surface area contributed by atoms with Crippen LogP contribution in [0.1, 0.15) is 39.5 Å². The van der Waals surface area contributed by atoms with Crippen LogP contribution in [0.2, 0.25) is 0 Å². The first-order chi connectivity index (χ1) is 9.71. The number of methoxy groups -OCH3 is 1. The molecule has 0 heterocycles. The predicted molar refractivity (Wildman–Crippen MR) is 77.7 cm³/mol. The van der Waals surface area contributed by atoms with Gasteiger partial charge in [0, 0.05) is 13.7 Å². The summed E-state index contributed by atoms with van der Waals surface area (Å²) in [4.78, 5) is 12.4. The highest BCUT2D eigenvalue weighted by Crippen LogP contribution is 2.39. The summed E-state index contributed by atoms with van der Waals surface area (Å²) < 4.78 is 15.8. The Hall–Kier alpha value is -0.650. The average molecular weight is 287 g/mol. The van der Waals surface area contributed by atoms with Crippen LogP contribution in [0.4, 0.5) is 0 Å². The van der Waals surface area contributed by atoms with Crippen LogP contribution in [0, 0.1) is 5.92 Å². The van der Waals surface area contributed by atoms with Crippen molar-refractivity contribution in [3.05, 3.63) is 0 Å². The molecule has 118 valence electrons. The SMILES string of the molecule is CCNC1(C(=O)OCC)CCCC1CCOCCOC. The zero-order chi connectivity index (χ0) is 14.8. The Bertz CT molecular complexity index is 285. The second-order valence-electron chi connectivity index (χ2n) is 5.21. The summed E-state index contributed by atoms with van der Waals surface area (Å²) >= 11 is 0. The topological polar surface area (TPSA) is 56.8 Å². The van der Waals surface area contributed by atoms with Crippen molar-refractivity contribution in [2.45, 2.75) is 45.1 Å². The maximum Gasteiger partial charge on any atom is 0.326 e. The Morgan fingerprint density at radius 3 is 2.75 bits per heavy atom. The summed E-state index contributed by atoms with van der Waals surface area (Å²) in [7, 11) is 1.66. The van der Waals surface area contributed by atoms with Crippen molar-refractivity contribution < 1.29 is 19.0 Å².